The molecule has 1 aromatic carbocycles. The zero-order valence-corrected chi connectivity index (χ0v) is 12.9. The molecule has 1 heterocycles. The third-order valence-electron chi connectivity index (χ3n) is 3.81. The molecule has 0 saturated carbocycles. The Balaban J connectivity index is 2.10. The highest BCUT2D eigenvalue weighted by molar-refractivity contribution is 5.80. The first-order chi connectivity index (χ1) is 10.0. The van der Waals surface area contributed by atoms with Crippen LogP contribution < -0.4 is 4.74 Å². The van der Waals surface area contributed by atoms with Crippen molar-refractivity contribution in [1.29, 1.82) is 0 Å². The Hall–Kier alpha value is -2.30. The van der Waals surface area contributed by atoms with E-state index in [1.54, 1.807) is 29.1 Å². The summed E-state index contributed by atoms with van der Waals surface area (Å²) in [5.41, 5.74) is 1.07. The first kappa shape index (κ1) is 15.1. The van der Waals surface area contributed by atoms with E-state index in [2.05, 4.69) is 5.10 Å². The van der Waals surface area contributed by atoms with E-state index in [4.69, 9.17) is 4.74 Å². The van der Waals surface area contributed by atoms with Gasteiger partial charge in [0, 0.05) is 19.4 Å². The highest BCUT2D eigenvalue weighted by Crippen LogP contribution is 2.23. The maximum absolute atomic E-state index is 12.5. The average molecular weight is 287 g/mol. The van der Waals surface area contributed by atoms with Crippen molar-refractivity contribution in [3.63, 3.8) is 0 Å². The molecule has 1 aromatic heterocycles. The minimum Gasteiger partial charge on any atom is -0.497 e. The molecule has 0 aliphatic heterocycles. The number of rotatable bonds is 5. The highest BCUT2D eigenvalue weighted by Gasteiger charge is 2.23. The molecule has 0 saturated heterocycles. The molecular weight excluding hydrogens is 266 g/mol. The van der Waals surface area contributed by atoms with Crippen LogP contribution in [0.25, 0.3) is 0 Å². The number of hydrogen-bond acceptors (Lipinski definition) is 3. The van der Waals surface area contributed by atoms with Crippen molar-refractivity contribution < 1.29 is 9.53 Å². The molecule has 0 spiro atoms. The molecule has 112 valence electrons. The molecule has 2 unspecified atom stereocenters. The van der Waals surface area contributed by atoms with Gasteiger partial charge in [-0.1, -0.05) is 12.1 Å². The largest absolute Gasteiger partial charge is 0.497 e. The molecule has 0 radical (unpaired) electrons. The zero-order valence-electron chi connectivity index (χ0n) is 12.9. The minimum absolute atomic E-state index is 0.0126. The molecule has 5 heteroatoms. The first-order valence-corrected chi connectivity index (χ1v) is 6.94. The van der Waals surface area contributed by atoms with Crippen LogP contribution in [0.2, 0.25) is 0 Å². The van der Waals surface area contributed by atoms with E-state index in [1.807, 2.05) is 51.2 Å². The Labute approximate surface area is 125 Å². The Kier molecular flexibility index (Phi) is 4.62. The van der Waals surface area contributed by atoms with Crippen LogP contribution in [0.3, 0.4) is 0 Å². The summed E-state index contributed by atoms with van der Waals surface area (Å²) < 4.78 is 6.82. The summed E-state index contributed by atoms with van der Waals surface area (Å²) >= 11 is 0. The van der Waals surface area contributed by atoms with Gasteiger partial charge in [-0.15, -0.1) is 0 Å². The van der Waals surface area contributed by atoms with Gasteiger partial charge in [-0.25, -0.2) is 0 Å². The highest BCUT2D eigenvalue weighted by atomic mass is 16.5. The van der Waals surface area contributed by atoms with E-state index in [1.165, 1.54) is 0 Å². The lowest BCUT2D eigenvalue weighted by Crippen LogP contribution is -2.35. The summed E-state index contributed by atoms with van der Waals surface area (Å²) in [6.07, 6.45) is 3.48. The molecule has 2 rings (SSSR count). The molecular formula is C16H21N3O2. The number of hydrogen-bond donors (Lipinski definition) is 0. The summed E-state index contributed by atoms with van der Waals surface area (Å²) in [4.78, 5) is 14.3. The van der Waals surface area contributed by atoms with Gasteiger partial charge in [0.25, 0.3) is 0 Å². The fraction of sp³-hybridized carbons (Fsp3) is 0.375. The van der Waals surface area contributed by atoms with Gasteiger partial charge in [-0.3, -0.25) is 9.48 Å². The summed E-state index contributed by atoms with van der Waals surface area (Å²) in [6.45, 7) is 3.86. The van der Waals surface area contributed by atoms with Crippen LogP contribution in [-0.4, -0.2) is 34.7 Å². The van der Waals surface area contributed by atoms with Crippen molar-refractivity contribution in [2.45, 2.75) is 25.9 Å². The van der Waals surface area contributed by atoms with Crippen LogP contribution in [0.1, 0.15) is 31.5 Å². The summed E-state index contributed by atoms with van der Waals surface area (Å²) in [5, 5.41) is 4.13. The minimum atomic E-state index is -0.314. The molecule has 21 heavy (non-hydrogen) atoms. The lowest BCUT2D eigenvalue weighted by atomic mass is 10.1. The van der Waals surface area contributed by atoms with Crippen molar-refractivity contribution in [2.24, 2.45) is 0 Å². The molecule has 0 bridgehead atoms. The number of methoxy groups -OCH3 is 1. The van der Waals surface area contributed by atoms with Crippen LogP contribution >= 0.6 is 0 Å². The van der Waals surface area contributed by atoms with Gasteiger partial charge in [-0.05, 0) is 37.6 Å². The van der Waals surface area contributed by atoms with Gasteiger partial charge in [0.2, 0.25) is 5.91 Å². The lowest BCUT2D eigenvalue weighted by molar-refractivity contribution is -0.135. The van der Waals surface area contributed by atoms with Crippen LogP contribution in [0, 0.1) is 0 Å². The van der Waals surface area contributed by atoms with Crippen LogP contribution in [0.4, 0.5) is 0 Å². The number of carbonyl (C=O) groups is 1. The van der Waals surface area contributed by atoms with Crippen LogP contribution in [-0.2, 0) is 4.79 Å². The smallest absolute Gasteiger partial charge is 0.247 e. The SMILES string of the molecule is COc1ccc(C(C)N(C)C(=O)C(C)n2cccn2)cc1. The van der Waals surface area contributed by atoms with Gasteiger partial charge in [0.15, 0.2) is 0 Å². The van der Waals surface area contributed by atoms with E-state index in [0.29, 0.717) is 0 Å². The molecule has 0 aliphatic rings. The van der Waals surface area contributed by atoms with Crippen molar-refractivity contribution in [3.05, 3.63) is 48.3 Å². The van der Waals surface area contributed by atoms with E-state index in [-0.39, 0.29) is 18.0 Å². The molecule has 0 aliphatic carbocycles. The Bertz CT molecular complexity index is 578. The standard InChI is InChI=1S/C16H21N3O2/c1-12(14-6-8-15(21-4)9-7-14)18(3)16(20)13(2)19-11-5-10-17-19/h5-13H,1-4H3. The van der Waals surface area contributed by atoms with Crippen molar-refractivity contribution in [1.82, 2.24) is 14.7 Å². The molecule has 2 aromatic rings. The monoisotopic (exact) mass is 287 g/mol. The van der Waals surface area contributed by atoms with Gasteiger partial charge in [0.1, 0.15) is 11.8 Å². The number of likely N-dealkylation sites (N-methyl/N-ethyl adjacent to an activating group) is 1. The van der Waals surface area contributed by atoms with Gasteiger partial charge < -0.3 is 9.64 Å². The van der Waals surface area contributed by atoms with E-state index in [9.17, 15) is 4.79 Å². The Morgan fingerprint density at radius 1 is 1.29 bits per heavy atom. The Morgan fingerprint density at radius 2 is 1.95 bits per heavy atom. The zero-order chi connectivity index (χ0) is 15.4. The summed E-state index contributed by atoms with van der Waals surface area (Å²) in [5.74, 6) is 0.840. The van der Waals surface area contributed by atoms with Crippen molar-refractivity contribution in [2.75, 3.05) is 14.2 Å². The summed E-state index contributed by atoms with van der Waals surface area (Å²) in [6, 6.07) is 9.25. The Morgan fingerprint density at radius 3 is 2.48 bits per heavy atom. The lowest BCUT2D eigenvalue weighted by Gasteiger charge is -2.28. The molecule has 1 amide bonds. The van der Waals surface area contributed by atoms with Crippen LogP contribution in [0.15, 0.2) is 42.7 Å². The normalized spacial score (nSPS) is 13.5. The number of carbonyl (C=O) groups excluding carboxylic acids is 1. The van der Waals surface area contributed by atoms with Gasteiger partial charge in [0.05, 0.1) is 13.2 Å². The molecule has 0 fully saturated rings. The second kappa shape index (κ2) is 6.43. The predicted octanol–water partition coefficient (Wildman–Crippen LogP) is 2.67. The fourth-order valence-electron chi connectivity index (χ4n) is 2.21. The molecule has 0 N–H and O–H groups in total. The number of benzene rings is 1. The first-order valence-electron chi connectivity index (χ1n) is 6.94. The third kappa shape index (κ3) is 3.24. The van der Waals surface area contributed by atoms with Gasteiger partial charge >= 0.3 is 0 Å². The number of amides is 1. The predicted molar refractivity (Wildman–Crippen MR) is 81.1 cm³/mol. The second-order valence-corrected chi connectivity index (χ2v) is 5.06. The number of nitrogens with zero attached hydrogens (tertiary/aromatic N) is 3. The molecule has 5 nitrogen and oxygen atoms in total. The molecule has 2 atom stereocenters. The van der Waals surface area contributed by atoms with Gasteiger partial charge in [-0.2, -0.15) is 5.10 Å². The van der Waals surface area contributed by atoms with Crippen LogP contribution in [0.5, 0.6) is 5.75 Å². The number of aromatic nitrogens is 2. The maximum atomic E-state index is 12.5. The van der Waals surface area contributed by atoms with E-state index >= 15 is 0 Å². The van der Waals surface area contributed by atoms with E-state index < -0.39 is 0 Å². The topological polar surface area (TPSA) is 47.4 Å². The van der Waals surface area contributed by atoms with E-state index in [0.717, 1.165) is 11.3 Å². The maximum Gasteiger partial charge on any atom is 0.247 e. The van der Waals surface area contributed by atoms with Crippen molar-refractivity contribution >= 4 is 5.91 Å². The fourth-order valence-corrected chi connectivity index (χ4v) is 2.21. The quantitative estimate of drug-likeness (QED) is 0.849. The summed E-state index contributed by atoms with van der Waals surface area (Å²) in [7, 11) is 3.46. The number of ether oxygens (including phenoxy) is 1. The van der Waals surface area contributed by atoms with Crippen molar-refractivity contribution in [3.8, 4) is 5.75 Å². The second-order valence-electron chi connectivity index (χ2n) is 5.06. The average Bonchev–Trinajstić information content (AvgIpc) is 3.06. The third-order valence-corrected chi connectivity index (χ3v) is 3.81.